The van der Waals surface area contributed by atoms with E-state index in [9.17, 15) is 0 Å². The second-order valence-corrected chi connectivity index (χ2v) is 0.289. The Morgan fingerprint density at radius 2 is 1.00 bits per heavy atom. The van der Waals surface area contributed by atoms with Gasteiger partial charge in [0, 0.05) is 4.70 Å². The normalized spacial score (nSPS) is 4.50. The summed E-state index contributed by atoms with van der Waals surface area (Å²) in [6.45, 7) is 0. The summed E-state index contributed by atoms with van der Waals surface area (Å²) >= 11 is 0. The fraction of sp³-hybridized carbons (Fsp3) is 0. The third-order valence-corrected chi connectivity index (χ3v) is 0. The zero-order valence-corrected chi connectivity index (χ0v) is 5.60. The SMILES string of the molecule is [F].[O-]B([O-])[O-].[Y+3]. The molecule has 0 aliphatic carbocycles. The van der Waals surface area contributed by atoms with E-state index in [1.807, 2.05) is 0 Å². The van der Waals surface area contributed by atoms with Gasteiger partial charge >= 0.3 is 32.7 Å². The molecule has 0 aromatic carbocycles. The summed E-state index contributed by atoms with van der Waals surface area (Å²) in [4.78, 5) is 0. The minimum atomic E-state index is -2.92. The molecule has 0 atom stereocenters. The van der Waals surface area contributed by atoms with Crippen molar-refractivity contribution in [3.63, 3.8) is 0 Å². The van der Waals surface area contributed by atoms with Gasteiger partial charge in [-0.3, -0.25) is 7.32 Å². The Kier molecular flexibility index (Phi) is 24.6. The molecule has 0 spiro atoms. The van der Waals surface area contributed by atoms with Crippen molar-refractivity contribution < 1.29 is 52.5 Å². The molecule has 6 heavy (non-hydrogen) atoms. The van der Waals surface area contributed by atoms with Gasteiger partial charge in [0.2, 0.25) is 0 Å². The molecule has 0 aromatic rings. The van der Waals surface area contributed by atoms with Crippen molar-refractivity contribution in [2.75, 3.05) is 0 Å². The first-order valence-corrected chi connectivity index (χ1v) is 0.707. The molecule has 0 amide bonds. The van der Waals surface area contributed by atoms with Crippen molar-refractivity contribution in [1.82, 2.24) is 0 Å². The molecule has 31 valence electrons. The topological polar surface area (TPSA) is 69.2 Å². The van der Waals surface area contributed by atoms with Crippen molar-refractivity contribution in [2.24, 2.45) is 0 Å². The Morgan fingerprint density at radius 1 is 1.00 bits per heavy atom. The van der Waals surface area contributed by atoms with Gasteiger partial charge in [0.25, 0.3) is 0 Å². The first-order chi connectivity index (χ1) is 1.73. The maximum atomic E-state index is 8.42. The standard InChI is InChI=1S/BO3.F.Y/c2-1(3)4;;/q-3;;+3. The molecule has 0 saturated heterocycles. The Hall–Kier alpha value is 0.979. The van der Waals surface area contributed by atoms with Crippen LogP contribution in [0.4, 0.5) is 4.70 Å². The molecule has 0 N–H and O–H groups in total. The van der Waals surface area contributed by atoms with E-state index in [0.717, 1.165) is 0 Å². The number of halogens is 1. The average Bonchev–Trinajstić information content (AvgIpc) is 0.811. The van der Waals surface area contributed by atoms with Crippen LogP contribution in [0.3, 0.4) is 0 Å². The summed E-state index contributed by atoms with van der Waals surface area (Å²) in [6.07, 6.45) is 0. The zero-order chi connectivity index (χ0) is 3.58. The molecule has 0 rings (SSSR count). The maximum absolute atomic E-state index is 8.42. The predicted octanol–water partition coefficient (Wildman–Crippen LogP) is -3.53. The van der Waals surface area contributed by atoms with Crippen molar-refractivity contribution in [3.8, 4) is 0 Å². The summed E-state index contributed by atoms with van der Waals surface area (Å²) in [5.74, 6) is 0. The largest absolute Gasteiger partial charge is 3.00 e. The third-order valence-electron chi connectivity index (χ3n) is 0. The Labute approximate surface area is 59.8 Å². The van der Waals surface area contributed by atoms with Gasteiger partial charge in [-0.15, -0.1) is 0 Å². The first-order valence-electron chi connectivity index (χ1n) is 0.707. The quantitative estimate of drug-likeness (QED) is 0.351. The van der Waals surface area contributed by atoms with Crippen LogP contribution in [0.15, 0.2) is 0 Å². The van der Waals surface area contributed by atoms with Crippen LogP contribution >= 0.6 is 0 Å². The molecule has 0 aliphatic heterocycles. The monoisotopic (exact) mass is 167 g/mol. The van der Waals surface area contributed by atoms with Crippen molar-refractivity contribution in [2.45, 2.75) is 0 Å². The molecular weight excluding hydrogens is 167 g/mol. The molecule has 0 aliphatic rings. The van der Waals surface area contributed by atoms with Crippen LogP contribution in [0.2, 0.25) is 0 Å². The third kappa shape index (κ3) is 82.3. The molecular formula is BFO3Y. The van der Waals surface area contributed by atoms with Crippen LogP contribution in [0.5, 0.6) is 0 Å². The van der Waals surface area contributed by atoms with Crippen molar-refractivity contribution >= 4 is 7.32 Å². The molecule has 1 radical (unpaired) electrons. The van der Waals surface area contributed by atoms with E-state index in [4.69, 9.17) is 15.1 Å². The fourth-order valence-electron chi connectivity index (χ4n) is 0. The van der Waals surface area contributed by atoms with E-state index in [2.05, 4.69) is 0 Å². The first kappa shape index (κ1) is 15.8. The summed E-state index contributed by atoms with van der Waals surface area (Å²) in [6, 6.07) is 0. The molecule has 6 heteroatoms. The van der Waals surface area contributed by atoms with Gasteiger partial charge in [0.1, 0.15) is 0 Å². The molecule has 0 unspecified atom stereocenters. The summed E-state index contributed by atoms with van der Waals surface area (Å²) < 4.78 is 0. The van der Waals surface area contributed by atoms with Gasteiger partial charge in [0.15, 0.2) is 0 Å². The summed E-state index contributed by atoms with van der Waals surface area (Å²) in [5.41, 5.74) is 0. The minimum absolute atomic E-state index is 0. The van der Waals surface area contributed by atoms with E-state index in [0.29, 0.717) is 0 Å². The fourth-order valence-corrected chi connectivity index (χ4v) is 0. The van der Waals surface area contributed by atoms with E-state index in [1.54, 1.807) is 0 Å². The van der Waals surface area contributed by atoms with Crippen LogP contribution in [-0.4, -0.2) is 7.32 Å². The van der Waals surface area contributed by atoms with E-state index < -0.39 is 7.32 Å². The number of hydrogen-bond acceptors (Lipinski definition) is 3. The minimum Gasteiger partial charge on any atom is -0.907 e. The van der Waals surface area contributed by atoms with E-state index in [-0.39, 0.29) is 37.4 Å². The van der Waals surface area contributed by atoms with Gasteiger partial charge in [-0.1, -0.05) is 0 Å². The van der Waals surface area contributed by atoms with Crippen LogP contribution in [0.25, 0.3) is 0 Å². The average molecular weight is 167 g/mol. The molecule has 0 bridgehead atoms. The van der Waals surface area contributed by atoms with Gasteiger partial charge < -0.3 is 15.1 Å². The summed E-state index contributed by atoms with van der Waals surface area (Å²) in [5, 5.41) is 25.2. The molecule has 0 fully saturated rings. The number of rotatable bonds is 0. The summed E-state index contributed by atoms with van der Waals surface area (Å²) in [7, 11) is -2.92. The molecule has 0 aromatic heterocycles. The Morgan fingerprint density at radius 3 is 1.00 bits per heavy atom. The molecule has 3 nitrogen and oxygen atoms in total. The van der Waals surface area contributed by atoms with Crippen molar-refractivity contribution in [1.29, 1.82) is 0 Å². The Bertz CT molecular complexity index is 15.5. The second kappa shape index (κ2) is 9.36. The second-order valence-electron chi connectivity index (χ2n) is 0.289. The van der Waals surface area contributed by atoms with Crippen LogP contribution in [0.1, 0.15) is 0 Å². The predicted molar refractivity (Wildman–Crippen MR) is 6.86 cm³/mol. The van der Waals surface area contributed by atoms with Crippen LogP contribution in [0, 0.1) is 0 Å². The maximum Gasteiger partial charge on any atom is 3.00 e. The zero-order valence-electron chi connectivity index (χ0n) is 2.76. The van der Waals surface area contributed by atoms with Gasteiger partial charge in [0.05, 0.1) is 0 Å². The van der Waals surface area contributed by atoms with E-state index >= 15 is 0 Å². The molecule has 0 heterocycles. The van der Waals surface area contributed by atoms with Crippen LogP contribution < -0.4 is 15.1 Å². The van der Waals surface area contributed by atoms with Gasteiger partial charge in [-0.05, 0) is 0 Å². The van der Waals surface area contributed by atoms with Gasteiger partial charge in [-0.2, -0.15) is 0 Å². The smallest absolute Gasteiger partial charge is 0.907 e. The molecule has 0 saturated carbocycles. The van der Waals surface area contributed by atoms with Gasteiger partial charge in [-0.25, -0.2) is 0 Å². The number of hydrogen-bond donors (Lipinski definition) is 0. The Balaban J connectivity index is -0.0000000450. The van der Waals surface area contributed by atoms with Crippen LogP contribution in [-0.2, 0) is 32.7 Å². The van der Waals surface area contributed by atoms with Crippen molar-refractivity contribution in [3.05, 3.63) is 0 Å². The van der Waals surface area contributed by atoms with E-state index in [1.165, 1.54) is 0 Å².